The van der Waals surface area contributed by atoms with Gasteiger partial charge in [-0.15, -0.1) is 0 Å². The molecule has 0 heterocycles. The van der Waals surface area contributed by atoms with E-state index in [1.54, 1.807) is 0 Å². The van der Waals surface area contributed by atoms with Gasteiger partial charge in [-0.05, 0) is 31.6 Å². The number of amides is 1. The predicted octanol–water partition coefficient (Wildman–Crippen LogP) is 1.12. The Hall–Kier alpha value is -1.10. The Morgan fingerprint density at radius 2 is 1.89 bits per heavy atom. The molecule has 1 fully saturated rings. The quantitative estimate of drug-likeness (QED) is 0.687. The van der Waals surface area contributed by atoms with E-state index in [2.05, 4.69) is 5.32 Å². The molecule has 0 aromatic heterocycles. The van der Waals surface area contributed by atoms with Crippen LogP contribution in [0.15, 0.2) is 0 Å². The van der Waals surface area contributed by atoms with Crippen LogP contribution in [0.1, 0.15) is 46.0 Å². The van der Waals surface area contributed by atoms with Crippen molar-refractivity contribution < 1.29 is 14.7 Å². The zero-order valence-corrected chi connectivity index (χ0v) is 11.2. The number of hydrogen-bond acceptors (Lipinski definition) is 3. The van der Waals surface area contributed by atoms with Crippen LogP contribution >= 0.6 is 0 Å². The molecule has 4 N–H and O–H groups in total. The molecule has 1 rings (SSSR count). The topological polar surface area (TPSA) is 92.4 Å². The van der Waals surface area contributed by atoms with Crippen LogP contribution in [0.3, 0.4) is 0 Å². The van der Waals surface area contributed by atoms with Crippen LogP contribution in [0.25, 0.3) is 0 Å². The first-order chi connectivity index (χ1) is 8.45. The highest BCUT2D eigenvalue weighted by Gasteiger charge is 2.28. The minimum absolute atomic E-state index is 0.0863. The maximum absolute atomic E-state index is 11.9. The molecule has 0 unspecified atom stereocenters. The fraction of sp³-hybridized carbons (Fsp3) is 0.846. The van der Waals surface area contributed by atoms with Crippen LogP contribution in [-0.4, -0.2) is 29.1 Å². The molecule has 1 aliphatic carbocycles. The first-order valence-corrected chi connectivity index (χ1v) is 6.74. The van der Waals surface area contributed by atoms with Gasteiger partial charge in [-0.3, -0.25) is 9.59 Å². The summed E-state index contributed by atoms with van der Waals surface area (Å²) in [5, 5.41) is 11.8. The molecule has 104 valence electrons. The fourth-order valence-electron chi connectivity index (χ4n) is 2.29. The molecule has 1 saturated carbocycles. The summed E-state index contributed by atoms with van der Waals surface area (Å²) in [6.07, 6.45) is 3.61. The summed E-state index contributed by atoms with van der Waals surface area (Å²) >= 11 is 0. The highest BCUT2D eigenvalue weighted by molar-refractivity contribution is 5.82. The van der Waals surface area contributed by atoms with E-state index in [9.17, 15) is 9.59 Å². The lowest BCUT2D eigenvalue weighted by Crippen LogP contribution is -2.49. The lowest BCUT2D eigenvalue weighted by atomic mass is 9.86. The number of nitrogens with two attached hydrogens (primary N) is 1. The van der Waals surface area contributed by atoms with E-state index in [0.717, 1.165) is 19.3 Å². The van der Waals surface area contributed by atoms with Crippen molar-refractivity contribution in [2.45, 2.75) is 58.0 Å². The van der Waals surface area contributed by atoms with Crippen LogP contribution in [0.5, 0.6) is 0 Å². The Morgan fingerprint density at radius 3 is 2.33 bits per heavy atom. The Kier molecular flexibility index (Phi) is 5.59. The van der Waals surface area contributed by atoms with Crippen LogP contribution in [0.4, 0.5) is 0 Å². The zero-order chi connectivity index (χ0) is 13.7. The molecule has 0 bridgehead atoms. The molecular weight excluding hydrogens is 232 g/mol. The standard InChI is InChI=1S/C13H24N2O3/c1-3-8(2)11(14)12(16)15-10-6-4-9(5-7-10)13(17)18/h8-11H,3-7,14H2,1-2H3,(H,15,16)(H,17,18)/t8-,9?,10?,11-/m0/s1. The van der Waals surface area contributed by atoms with Gasteiger partial charge in [-0.1, -0.05) is 20.3 Å². The molecule has 0 radical (unpaired) electrons. The second kappa shape index (κ2) is 6.73. The van der Waals surface area contributed by atoms with Crippen molar-refractivity contribution >= 4 is 11.9 Å². The maximum atomic E-state index is 11.9. The molecule has 0 aromatic carbocycles. The van der Waals surface area contributed by atoms with Gasteiger partial charge in [0.05, 0.1) is 12.0 Å². The zero-order valence-electron chi connectivity index (χ0n) is 11.2. The summed E-state index contributed by atoms with van der Waals surface area (Å²) in [7, 11) is 0. The van der Waals surface area contributed by atoms with Gasteiger partial charge < -0.3 is 16.2 Å². The largest absolute Gasteiger partial charge is 0.481 e. The summed E-state index contributed by atoms with van der Waals surface area (Å²) < 4.78 is 0. The van der Waals surface area contributed by atoms with Gasteiger partial charge in [0.15, 0.2) is 0 Å². The molecule has 18 heavy (non-hydrogen) atoms. The van der Waals surface area contributed by atoms with Gasteiger partial charge >= 0.3 is 5.97 Å². The first kappa shape index (κ1) is 15.0. The van der Waals surface area contributed by atoms with Crippen LogP contribution in [0.2, 0.25) is 0 Å². The molecule has 5 heteroatoms. The van der Waals surface area contributed by atoms with Gasteiger partial charge in [0.1, 0.15) is 0 Å². The van der Waals surface area contributed by atoms with Crippen molar-refractivity contribution in [1.29, 1.82) is 0 Å². The molecular formula is C13H24N2O3. The van der Waals surface area contributed by atoms with Gasteiger partial charge in [-0.25, -0.2) is 0 Å². The smallest absolute Gasteiger partial charge is 0.306 e. The molecule has 0 aliphatic heterocycles. The average Bonchev–Trinajstić information content (AvgIpc) is 2.37. The second-order valence-corrected chi connectivity index (χ2v) is 5.31. The number of carbonyl (C=O) groups excluding carboxylic acids is 1. The third-order valence-corrected chi connectivity index (χ3v) is 3.98. The van der Waals surface area contributed by atoms with E-state index in [1.807, 2.05) is 13.8 Å². The van der Waals surface area contributed by atoms with Gasteiger partial charge in [0.25, 0.3) is 0 Å². The molecule has 1 aliphatic rings. The summed E-state index contributed by atoms with van der Waals surface area (Å²) in [6.45, 7) is 3.97. The van der Waals surface area contributed by atoms with Crippen molar-refractivity contribution in [2.75, 3.05) is 0 Å². The highest BCUT2D eigenvalue weighted by Crippen LogP contribution is 2.24. The Balaban J connectivity index is 2.36. The molecule has 5 nitrogen and oxygen atoms in total. The minimum atomic E-state index is -0.726. The summed E-state index contributed by atoms with van der Waals surface area (Å²) in [4.78, 5) is 22.7. The SMILES string of the molecule is CC[C@H](C)[C@H](N)C(=O)NC1CCC(C(=O)O)CC1. The molecule has 0 spiro atoms. The molecule has 1 amide bonds. The summed E-state index contributed by atoms with van der Waals surface area (Å²) in [5.41, 5.74) is 5.86. The van der Waals surface area contributed by atoms with Gasteiger partial charge in [-0.2, -0.15) is 0 Å². The lowest BCUT2D eigenvalue weighted by Gasteiger charge is -2.28. The monoisotopic (exact) mass is 256 g/mol. The number of carboxylic acids is 1. The van der Waals surface area contributed by atoms with Crippen molar-refractivity contribution in [1.82, 2.24) is 5.32 Å². The van der Waals surface area contributed by atoms with Crippen LogP contribution < -0.4 is 11.1 Å². The Morgan fingerprint density at radius 1 is 1.33 bits per heavy atom. The van der Waals surface area contributed by atoms with Crippen molar-refractivity contribution in [2.24, 2.45) is 17.6 Å². The minimum Gasteiger partial charge on any atom is -0.481 e. The molecule has 0 saturated heterocycles. The number of hydrogen-bond donors (Lipinski definition) is 3. The number of carboxylic acid groups (broad SMARTS) is 1. The third-order valence-electron chi connectivity index (χ3n) is 3.98. The van der Waals surface area contributed by atoms with E-state index in [0.29, 0.717) is 12.8 Å². The Bertz CT molecular complexity index is 299. The van der Waals surface area contributed by atoms with Crippen LogP contribution in [0, 0.1) is 11.8 Å². The first-order valence-electron chi connectivity index (χ1n) is 6.74. The Labute approximate surface area is 108 Å². The normalized spacial score (nSPS) is 27.3. The number of rotatable bonds is 5. The second-order valence-electron chi connectivity index (χ2n) is 5.31. The van der Waals surface area contributed by atoms with Crippen molar-refractivity contribution in [3.63, 3.8) is 0 Å². The predicted molar refractivity (Wildman–Crippen MR) is 69.0 cm³/mol. The third kappa shape index (κ3) is 3.98. The maximum Gasteiger partial charge on any atom is 0.306 e. The van der Waals surface area contributed by atoms with E-state index >= 15 is 0 Å². The van der Waals surface area contributed by atoms with Gasteiger partial charge in [0.2, 0.25) is 5.91 Å². The number of nitrogens with one attached hydrogen (secondary N) is 1. The summed E-state index contributed by atoms with van der Waals surface area (Å²) in [5.74, 6) is -0.916. The average molecular weight is 256 g/mol. The van der Waals surface area contributed by atoms with Gasteiger partial charge in [0, 0.05) is 6.04 Å². The number of carbonyl (C=O) groups is 2. The van der Waals surface area contributed by atoms with E-state index in [-0.39, 0.29) is 23.8 Å². The van der Waals surface area contributed by atoms with Crippen LogP contribution in [-0.2, 0) is 9.59 Å². The highest BCUT2D eigenvalue weighted by atomic mass is 16.4. The molecule has 0 aromatic rings. The van der Waals surface area contributed by atoms with Crippen molar-refractivity contribution in [3.8, 4) is 0 Å². The van der Waals surface area contributed by atoms with E-state index in [1.165, 1.54) is 0 Å². The summed E-state index contributed by atoms with van der Waals surface area (Å²) in [6, 6.07) is -0.379. The fourth-order valence-corrected chi connectivity index (χ4v) is 2.29. The molecule has 2 atom stereocenters. The number of aliphatic carboxylic acids is 1. The van der Waals surface area contributed by atoms with E-state index in [4.69, 9.17) is 10.8 Å². The van der Waals surface area contributed by atoms with E-state index < -0.39 is 12.0 Å². The lowest BCUT2D eigenvalue weighted by molar-refractivity contribution is -0.142. The van der Waals surface area contributed by atoms with Crippen molar-refractivity contribution in [3.05, 3.63) is 0 Å².